The third-order valence-electron chi connectivity index (χ3n) is 3.44. The van der Waals surface area contributed by atoms with Crippen molar-refractivity contribution < 1.29 is 19.1 Å². The zero-order valence-corrected chi connectivity index (χ0v) is 14.2. The first-order valence-electron chi connectivity index (χ1n) is 8.31. The normalized spacial score (nSPS) is 11.2. The number of carbonyl (C=O) groups is 2. The molecule has 124 valence electrons. The number of rotatable bonds is 12. The van der Waals surface area contributed by atoms with Gasteiger partial charge in [0.1, 0.15) is 0 Å². The van der Waals surface area contributed by atoms with Crippen LogP contribution in [0.15, 0.2) is 0 Å². The molecule has 0 saturated heterocycles. The maximum atomic E-state index is 11.9. The average molecular weight is 300 g/mol. The highest BCUT2D eigenvalue weighted by molar-refractivity contribution is 5.99. The first kappa shape index (κ1) is 19.9. The van der Waals surface area contributed by atoms with E-state index in [0.717, 1.165) is 19.3 Å². The van der Waals surface area contributed by atoms with Crippen LogP contribution < -0.4 is 0 Å². The van der Waals surface area contributed by atoms with Crippen LogP contribution >= 0.6 is 0 Å². The lowest BCUT2D eigenvalue weighted by Gasteiger charge is -2.20. The van der Waals surface area contributed by atoms with Crippen molar-refractivity contribution in [2.24, 2.45) is 5.41 Å². The molecule has 0 atom stereocenters. The lowest BCUT2D eigenvalue weighted by molar-refractivity contribution is -0.169. The summed E-state index contributed by atoms with van der Waals surface area (Å²) in [5.41, 5.74) is -1.21. The van der Waals surface area contributed by atoms with Gasteiger partial charge in [-0.2, -0.15) is 0 Å². The Balaban J connectivity index is 3.79. The summed E-state index contributed by atoms with van der Waals surface area (Å²) in [7, 11) is 0. The molecule has 4 nitrogen and oxygen atoms in total. The Morgan fingerprint density at radius 3 is 1.71 bits per heavy atom. The van der Waals surface area contributed by atoms with Gasteiger partial charge in [0.05, 0.1) is 13.2 Å². The van der Waals surface area contributed by atoms with Crippen molar-refractivity contribution >= 4 is 11.9 Å². The van der Waals surface area contributed by atoms with Crippen LogP contribution in [0.3, 0.4) is 0 Å². The fourth-order valence-corrected chi connectivity index (χ4v) is 1.86. The Hall–Kier alpha value is -1.06. The molecule has 0 aliphatic rings. The highest BCUT2D eigenvalue weighted by Crippen LogP contribution is 2.20. The smallest absolute Gasteiger partial charge is 0.322 e. The monoisotopic (exact) mass is 300 g/mol. The number of hydrogen-bond donors (Lipinski definition) is 0. The van der Waals surface area contributed by atoms with Crippen LogP contribution in [0.25, 0.3) is 0 Å². The van der Waals surface area contributed by atoms with Gasteiger partial charge in [0.25, 0.3) is 0 Å². The van der Waals surface area contributed by atoms with E-state index in [2.05, 4.69) is 6.92 Å². The Morgan fingerprint density at radius 2 is 1.19 bits per heavy atom. The summed E-state index contributed by atoms with van der Waals surface area (Å²) in [4.78, 5) is 23.7. The van der Waals surface area contributed by atoms with E-state index in [0.29, 0.717) is 13.2 Å². The number of ether oxygens (including phenoxy) is 2. The van der Waals surface area contributed by atoms with Gasteiger partial charge >= 0.3 is 11.9 Å². The van der Waals surface area contributed by atoms with Crippen molar-refractivity contribution in [2.45, 2.75) is 79.1 Å². The van der Waals surface area contributed by atoms with Crippen molar-refractivity contribution in [2.75, 3.05) is 13.2 Å². The molecular weight excluding hydrogens is 268 g/mol. The van der Waals surface area contributed by atoms with E-state index in [1.165, 1.54) is 32.1 Å². The Kier molecular flexibility index (Phi) is 11.0. The largest absolute Gasteiger partial charge is 0.465 e. The van der Waals surface area contributed by atoms with Gasteiger partial charge in [-0.1, -0.05) is 52.4 Å². The fraction of sp³-hybridized carbons (Fsp3) is 0.882. The molecule has 4 heteroatoms. The summed E-state index contributed by atoms with van der Waals surface area (Å²) in [6.07, 6.45) is 8.93. The van der Waals surface area contributed by atoms with Gasteiger partial charge in [-0.05, 0) is 26.7 Å². The van der Waals surface area contributed by atoms with Crippen LogP contribution in [-0.2, 0) is 19.1 Å². The van der Waals surface area contributed by atoms with Crippen LogP contribution in [0.2, 0.25) is 0 Å². The average Bonchev–Trinajstić information content (AvgIpc) is 2.46. The summed E-state index contributed by atoms with van der Waals surface area (Å²) in [6.45, 7) is 7.95. The Labute approximate surface area is 129 Å². The van der Waals surface area contributed by atoms with Gasteiger partial charge < -0.3 is 9.47 Å². The number of carbonyl (C=O) groups excluding carboxylic acids is 2. The molecular formula is C17H32O4. The lowest BCUT2D eigenvalue weighted by atomic mass is 9.94. The molecule has 0 aromatic heterocycles. The molecule has 0 N–H and O–H groups in total. The highest BCUT2D eigenvalue weighted by Gasteiger charge is 2.39. The molecule has 0 saturated carbocycles. The van der Waals surface area contributed by atoms with Crippen LogP contribution in [0.1, 0.15) is 79.1 Å². The third-order valence-corrected chi connectivity index (χ3v) is 3.44. The standard InChI is InChI=1S/C17H32O4/c1-5-7-8-9-10-11-12-14-21-16(19)17(3,4)15(18)20-13-6-2/h5-14H2,1-4H3. The van der Waals surface area contributed by atoms with Gasteiger partial charge in [0.15, 0.2) is 5.41 Å². The molecule has 0 aromatic carbocycles. The van der Waals surface area contributed by atoms with Gasteiger partial charge in [0.2, 0.25) is 0 Å². The zero-order valence-electron chi connectivity index (χ0n) is 14.2. The van der Waals surface area contributed by atoms with Gasteiger partial charge in [-0.15, -0.1) is 0 Å². The topological polar surface area (TPSA) is 52.6 Å². The molecule has 0 rings (SSSR count). The molecule has 0 aliphatic heterocycles. The second kappa shape index (κ2) is 11.6. The van der Waals surface area contributed by atoms with Gasteiger partial charge in [0, 0.05) is 0 Å². The van der Waals surface area contributed by atoms with Crippen molar-refractivity contribution in [3.8, 4) is 0 Å². The van der Waals surface area contributed by atoms with E-state index in [1.54, 1.807) is 13.8 Å². The molecule has 0 aromatic rings. The third kappa shape index (κ3) is 8.74. The molecule has 0 fully saturated rings. The van der Waals surface area contributed by atoms with Crippen molar-refractivity contribution in [3.63, 3.8) is 0 Å². The molecule has 0 amide bonds. The SMILES string of the molecule is CCCCCCCCCOC(=O)C(C)(C)C(=O)OCCC. The van der Waals surface area contributed by atoms with Gasteiger partial charge in [-0.25, -0.2) is 0 Å². The molecule has 0 radical (unpaired) electrons. The number of unbranched alkanes of at least 4 members (excludes halogenated alkanes) is 6. The van der Waals surface area contributed by atoms with E-state index in [4.69, 9.17) is 9.47 Å². The zero-order chi connectivity index (χ0) is 16.1. The highest BCUT2D eigenvalue weighted by atomic mass is 16.6. The fourth-order valence-electron chi connectivity index (χ4n) is 1.86. The minimum absolute atomic E-state index is 0.341. The Bertz CT molecular complexity index is 297. The van der Waals surface area contributed by atoms with Crippen molar-refractivity contribution in [3.05, 3.63) is 0 Å². The van der Waals surface area contributed by atoms with E-state index < -0.39 is 17.4 Å². The minimum atomic E-state index is -1.21. The number of esters is 2. The second-order valence-corrected chi connectivity index (χ2v) is 6.02. The van der Waals surface area contributed by atoms with Crippen LogP contribution in [0.5, 0.6) is 0 Å². The molecule has 0 aliphatic carbocycles. The Morgan fingerprint density at radius 1 is 0.714 bits per heavy atom. The van der Waals surface area contributed by atoms with Crippen LogP contribution in [0, 0.1) is 5.41 Å². The summed E-state index contributed by atoms with van der Waals surface area (Å²) in [5.74, 6) is -0.997. The maximum absolute atomic E-state index is 11.9. The summed E-state index contributed by atoms with van der Waals surface area (Å²) in [6, 6.07) is 0. The van der Waals surface area contributed by atoms with Crippen molar-refractivity contribution in [1.29, 1.82) is 0 Å². The molecule has 0 spiro atoms. The van der Waals surface area contributed by atoms with Crippen molar-refractivity contribution in [1.82, 2.24) is 0 Å². The lowest BCUT2D eigenvalue weighted by Crippen LogP contribution is -2.36. The first-order valence-corrected chi connectivity index (χ1v) is 8.31. The van der Waals surface area contributed by atoms with E-state index in [9.17, 15) is 9.59 Å². The minimum Gasteiger partial charge on any atom is -0.465 e. The van der Waals surface area contributed by atoms with Gasteiger partial charge in [-0.3, -0.25) is 9.59 Å². The molecule has 0 unspecified atom stereocenters. The summed E-state index contributed by atoms with van der Waals surface area (Å²) >= 11 is 0. The second-order valence-electron chi connectivity index (χ2n) is 6.02. The van der Waals surface area contributed by atoms with Crippen LogP contribution in [-0.4, -0.2) is 25.2 Å². The molecule has 0 heterocycles. The van der Waals surface area contributed by atoms with E-state index in [1.807, 2.05) is 6.92 Å². The molecule has 0 bridgehead atoms. The van der Waals surface area contributed by atoms with Crippen LogP contribution in [0.4, 0.5) is 0 Å². The predicted octanol–water partition coefficient (Wildman–Crippen LogP) is 4.26. The van der Waals surface area contributed by atoms with E-state index >= 15 is 0 Å². The summed E-state index contributed by atoms with van der Waals surface area (Å²) in [5, 5.41) is 0. The molecule has 21 heavy (non-hydrogen) atoms. The first-order chi connectivity index (χ1) is 9.96. The summed E-state index contributed by atoms with van der Waals surface area (Å²) < 4.78 is 10.2. The van der Waals surface area contributed by atoms with E-state index in [-0.39, 0.29) is 0 Å². The maximum Gasteiger partial charge on any atom is 0.322 e. The number of hydrogen-bond acceptors (Lipinski definition) is 4. The quantitative estimate of drug-likeness (QED) is 0.307. The predicted molar refractivity (Wildman–Crippen MR) is 84.0 cm³/mol.